The van der Waals surface area contributed by atoms with Gasteiger partial charge in [-0.2, -0.15) is 0 Å². The molecule has 0 spiro atoms. The molecule has 0 bridgehead atoms. The summed E-state index contributed by atoms with van der Waals surface area (Å²) < 4.78 is 1.79. The first-order valence-electron chi connectivity index (χ1n) is 6.40. The molecule has 1 heterocycles. The topological polar surface area (TPSA) is 69.6 Å². The van der Waals surface area contributed by atoms with Crippen molar-refractivity contribution >= 4 is 5.69 Å². The first-order valence-corrected chi connectivity index (χ1v) is 6.40. The van der Waals surface area contributed by atoms with Crippen LogP contribution in [0.4, 0.5) is 5.69 Å². The molecule has 5 heteroatoms. The average molecular weight is 265 g/mol. The molecule has 20 heavy (non-hydrogen) atoms. The third-order valence-corrected chi connectivity index (χ3v) is 3.21. The molecule has 0 aliphatic heterocycles. The van der Waals surface area contributed by atoms with Crippen molar-refractivity contribution in [3.63, 3.8) is 0 Å². The van der Waals surface area contributed by atoms with Gasteiger partial charge >= 0.3 is 0 Å². The van der Waals surface area contributed by atoms with Crippen LogP contribution in [0.25, 0.3) is 11.4 Å². The third kappa shape index (κ3) is 2.38. The van der Waals surface area contributed by atoms with Gasteiger partial charge in [0.15, 0.2) is 5.82 Å². The Labute approximate surface area is 117 Å². The number of tetrazole rings is 1. The van der Waals surface area contributed by atoms with Crippen molar-refractivity contribution in [1.82, 2.24) is 20.2 Å². The van der Waals surface area contributed by atoms with Crippen LogP contribution in [0.3, 0.4) is 0 Å². The summed E-state index contributed by atoms with van der Waals surface area (Å²) in [4.78, 5) is 0. The molecular weight excluding hydrogens is 250 g/mol. The maximum absolute atomic E-state index is 5.86. The number of hydrogen-bond acceptors (Lipinski definition) is 4. The minimum Gasteiger partial charge on any atom is -0.399 e. The lowest BCUT2D eigenvalue weighted by molar-refractivity contribution is 0.653. The van der Waals surface area contributed by atoms with Gasteiger partial charge in [-0.15, -0.1) is 5.10 Å². The molecule has 0 unspecified atom stereocenters. The summed E-state index contributed by atoms with van der Waals surface area (Å²) in [6, 6.07) is 15.9. The van der Waals surface area contributed by atoms with E-state index in [1.54, 1.807) is 4.68 Å². The van der Waals surface area contributed by atoms with Crippen LogP contribution in [0.1, 0.15) is 11.1 Å². The Hall–Kier alpha value is -2.69. The van der Waals surface area contributed by atoms with Crippen LogP contribution in [0, 0.1) is 6.92 Å². The van der Waals surface area contributed by atoms with E-state index in [-0.39, 0.29) is 0 Å². The minimum absolute atomic E-state index is 0.636. The SMILES string of the molecule is Cc1ccc(N)cc1-c1nnnn1Cc1ccccc1. The third-order valence-electron chi connectivity index (χ3n) is 3.21. The first kappa shape index (κ1) is 12.3. The molecule has 2 N–H and O–H groups in total. The van der Waals surface area contributed by atoms with Gasteiger partial charge in [-0.25, -0.2) is 4.68 Å². The zero-order valence-electron chi connectivity index (χ0n) is 11.2. The Balaban J connectivity index is 2.00. The highest BCUT2D eigenvalue weighted by Crippen LogP contribution is 2.23. The number of benzene rings is 2. The highest BCUT2D eigenvalue weighted by Gasteiger charge is 2.12. The molecule has 0 saturated heterocycles. The van der Waals surface area contributed by atoms with Crippen molar-refractivity contribution < 1.29 is 0 Å². The van der Waals surface area contributed by atoms with Crippen molar-refractivity contribution in [2.45, 2.75) is 13.5 Å². The van der Waals surface area contributed by atoms with E-state index >= 15 is 0 Å². The molecule has 1 aromatic heterocycles. The summed E-state index contributed by atoms with van der Waals surface area (Å²) in [6.45, 7) is 2.66. The summed E-state index contributed by atoms with van der Waals surface area (Å²) in [7, 11) is 0. The van der Waals surface area contributed by atoms with Crippen LogP contribution in [0.2, 0.25) is 0 Å². The van der Waals surface area contributed by atoms with Gasteiger partial charge in [0.05, 0.1) is 6.54 Å². The highest BCUT2D eigenvalue weighted by molar-refractivity contribution is 5.65. The zero-order chi connectivity index (χ0) is 13.9. The molecule has 3 aromatic rings. The molecule has 2 aromatic carbocycles. The van der Waals surface area contributed by atoms with E-state index in [2.05, 4.69) is 27.7 Å². The fraction of sp³-hybridized carbons (Fsp3) is 0.133. The Morgan fingerprint density at radius 3 is 2.70 bits per heavy atom. The van der Waals surface area contributed by atoms with Crippen molar-refractivity contribution in [2.75, 3.05) is 5.73 Å². The minimum atomic E-state index is 0.636. The predicted octanol–water partition coefficient (Wildman–Crippen LogP) is 2.28. The standard InChI is InChI=1S/C15H15N5/c1-11-7-8-13(16)9-14(11)15-17-18-19-20(15)10-12-5-3-2-4-6-12/h2-9H,10,16H2,1H3. The fourth-order valence-corrected chi connectivity index (χ4v) is 2.14. The van der Waals surface area contributed by atoms with Gasteiger partial charge in [0.25, 0.3) is 0 Å². The number of nitrogens with two attached hydrogens (primary N) is 1. The summed E-state index contributed by atoms with van der Waals surface area (Å²) in [5.74, 6) is 0.735. The van der Waals surface area contributed by atoms with Gasteiger partial charge in [0.1, 0.15) is 0 Å². The number of nitrogens with zero attached hydrogens (tertiary/aromatic N) is 4. The molecule has 5 nitrogen and oxygen atoms in total. The molecule has 0 atom stereocenters. The Morgan fingerprint density at radius 1 is 1.10 bits per heavy atom. The van der Waals surface area contributed by atoms with Crippen LogP contribution in [0.5, 0.6) is 0 Å². The normalized spacial score (nSPS) is 10.7. The summed E-state index contributed by atoms with van der Waals surface area (Å²) in [6.07, 6.45) is 0. The zero-order valence-corrected chi connectivity index (χ0v) is 11.2. The Morgan fingerprint density at radius 2 is 1.90 bits per heavy atom. The molecule has 3 rings (SSSR count). The van der Waals surface area contributed by atoms with Crippen molar-refractivity contribution in [3.05, 3.63) is 59.7 Å². The average Bonchev–Trinajstić information content (AvgIpc) is 2.91. The van der Waals surface area contributed by atoms with Crippen LogP contribution in [-0.2, 0) is 6.54 Å². The van der Waals surface area contributed by atoms with Crippen molar-refractivity contribution in [3.8, 4) is 11.4 Å². The van der Waals surface area contributed by atoms with Crippen molar-refractivity contribution in [1.29, 1.82) is 0 Å². The first-order chi connectivity index (χ1) is 9.74. The lowest BCUT2D eigenvalue weighted by Gasteiger charge is -2.08. The second kappa shape index (κ2) is 5.13. The molecule has 0 aliphatic rings. The molecular formula is C15H15N5. The number of aryl methyl sites for hydroxylation is 1. The van der Waals surface area contributed by atoms with E-state index in [1.165, 1.54) is 0 Å². The van der Waals surface area contributed by atoms with Crippen LogP contribution in [0.15, 0.2) is 48.5 Å². The summed E-state index contributed by atoms with van der Waals surface area (Å²) >= 11 is 0. The lowest BCUT2D eigenvalue weighted by Crippen LogP contribution is -2.05. The molecule has 100 valence electrons. The molecule has 0 saturated carbocycles. The van der Waals surface area contributed by atoms with E-state index in [0.29, 0.717) is 12.2 Å². The van der Waals surface area contributed by atoms with Gasteiger partial charge in [0, 0.05) is 11.3 Å². The maximum atomic E-state index is 5.86. The largest absolute Gasteiger partial charge is 0.399 e. The fourth-order valence-electron chi connectivity index (χ4n) is 2.14. The smallest absolute Gasteiger partial charge is 0.182 e. The predicted molar refractivity (Wildman–Crippen MR) is 77.9 cm³/mol. The van der Waals surface area contributed by atoms with Gasteiger partial charge in [0.2, 0.25) is 0 Å². The van der Waals surface area contributed by atoms with Crippen LogP contribution < -0.4 is 5.73 Å². The van der Waals surface area contributed by atoms with E-state index in [4.69, 9.17) is 5.73 Å². The summed E-state index contributed by atoms with van der Waals surface area (Å²) in [5.41, 5.74) is 9.79. The number of anilines is 1. The monoisotopic (exact) mass is 265 g/mol. The number of nitrogen functional groups attached to an aromatic ring is 1. The van der Waals surface area contributed by atoms with Crippen LogP contribution >= 0.6 is 0 Å². The molecule has 0 radical (unpaired) electrons. The number of hydrogen-bond donors (Lipinski definition) is 1. The number of aromatic nitrogens is 4. The summed E-state index contributed by atoms with van der Waals surface area (Å²) in [5, 5.41) is 12.0. The van der Waals surface area contributed by atoms with E-state index in [9.17, 15) is 0 Å². The number of rotatable bonds is 3. The van der Waals surface area contributed by atoms with Gasteiger partial charge in [-0.1, -0.05) is 36.4 Å². The van der Waals surface area contributed by atoms with Gasteiger partial charge in [-0.05, 0) is 40.6 Å². The molecule has 0 amide bonds. The van der Waals surface area contributed by atoms with Crippen LogP contribution in [-0.4, -0.2) is 20.2 Å². The van der Waals surface area contributed by atoms with E-state index in [1.807, 2.05) is 43.3 Å². The quantitative estimate of drug-likeness (QED) is 0.738. The highest BCUT2D eigenvalue weighted by atomic mass is 15.5. The molecule has 0 fully saturated rings. The van der Waals surface area contributed by atoms with Crippen molar-refractivity contribution in [2.24, 2.45) is 0 Å². The molecule has 0 aliphatic carbocycles. The van der Waals surface area contributed by atoms with E-state index < -0.39 is 0 Å². The second-order valence-corrected chi connectivity index (χ2v) is 4.72. The van der Waals surface area contributed by atoms with Gasteiger partial charge < -0.3 is 5.73 Å². The lowest BCUT2D eigenvalue weighted by atomic mass is 10.1. The second-order valence-electron chi connectivity index (χ2n) is 4.72. The Kier molecular flexibility index (Phi) is 3.16. The van der Waals surface area contributed by atoms with E-state index in [0.717, 1.165) is 22.5 Å². The Bertz CT molecular complexity index is 718. The van der Waals surface area contributed by atoms with Gasteiger partial charge in [-0.3, -0.25) is 0 Å². The maximum Gasteiger partial charge on any atom is 0.182 e.